The molecule has 0 spiro atoms. The van der Waals surface area contributed by atoms with Crippen LogP contribution in [0.1, 0.15) is 48.8 Å². The minimum absolute atomic E-state index is 0.329. The Morgan fingerprint density at radius 3 is 1.67 bits per heavy atom. The molecule has 1 aliphatic carbocycles. The average molecular weight is 407 g/mol. The minimum Gasteiger partial charge on any atom is -0.508 e. The highest BCUT2D eigenvalue weighted by Crippen LogP contribution is 2.27. The molecule has 3 aromatic rings. The molecule has 4 rings (SSSR count). The SMILES string of the molecule is Cc1ccc(O)cc1.Cc1ccccc1O.Oc1ccc(CC2CCCCC2)cc1. The molecule has 0 heterocycles. The third-order valence-corrected chi connectivity index (χ3v) is 5.33. The molecule has 3 aromatic carbocycles. The summed E-state index contributed by atoms with van der Waals surface area (Å²) in [6.07, 6.45) is 8.21. The Morgan fingerprint density at radius 1 is 0.667 bits per heavy atom. The highest BCUT2D eigenvalue weighted by Gasteiger charge is 2.13. The lowest BCUT2D eigenvalue weighted by Gasteiger charge is -2.21. The third-order valence-electron chi connectivity index (χ3n) is 5.33. The summed E-state index contributed by atoms with van der Waals surface area (Å²) < 4.78 is 0. The molecule has 3 nitrogen and oxygen atoms in total. The van der Waals surface area contributed by atoms with Crippen molar-refractivity contribution >= 4 is 0 Å². The van der Waals surface area contributed by atoms with Gasteiger partial charge in [0.15, 0.2) is 0 Å². The van der Waals surface area contributed by atoms with Gasteiger partial charge in [-0.05, 0) is 67.6 Å². The molecule has 1 fully saturated rings. The van der Waals surface area contributed by atoms with E-state index in [4.69, 9.17) is 15.3 Å². The smallest absolute Gasteiger partial charge is 0.118 e. The maximum absolute atomic E-state index is 9.16. The fourth-order valence-electron chi connectivity index (χ4n) is 3.46. The second-order valence-corrected chi connectivity index (χ2v) is 8.00. The second-order valence-electron chi connectivity index (χ2n) is 8.00. The highest BCUT2D eigenvalue weighted by molar-refractivity contribution is 5.30. The number of benzene rings is 3. The molecule has 0 atom stereocenters. The van der Waals surface area contributed by atoms with Gasteiger partial charge in [0.05, 0.1) is 0 Å². The molecule has 0 bridgehead atoms. The summed E-state index contributed by atoms with van der Waals surface area (Å²) in [7, 11) is 0. The number of phenolic OH excluding ortho intramolecular Hbond substituents is 3. The number of hydrogen-bond donors (Lipinski definition) is 3. The van der Waals surface area contributed by atoms with E-state index in [-0.39, 0.29) is 0 Å². The van der Waals surface area contributed by atoms with Gasteiger partial charge in [-0.1, -0.05) is 80.1 Å². The Morgan fingerprint density at radius 2 is 1.20 bits per heavy atom. The zero-order chi connectivity index (χ0) is 21.8. The number of para-hydroxylation sites is 1. The van der Waals surface area contributed by atoms with Gasteiger partial charge in [-0.25, -0.2) is 0 Å². The van der Waals surface area contributed by atoms with E-state index in [0.717, 1.165) is 11.5 Å². The largest absolute Gasteiger partial charge is 0.508 e. The number of phenols is 3. The Kier molecular flexibility index (Phi) is 9.79. The van der Waals surface area contributed by atoms with Crippen molar-refractivity contribution in [2.75, 3.05) is 0 Å². The zero-order valence-electron chi connectivity index (χ0n) is 18.1. The minimum atomic E-state index is 0.329. The van der Waals surface area contributed by atoms with Crippen molar-refractivity contribution in [3.8, 4) is 17.2 Å². The van der Waals surface area contributed by atoms with Gasteiger partial charge in [0.25, 0.3) is 0 Å². The predicted molar refractivity (Wildman–Crippen MR) is 124 cm³/mol. The van der Waals surface area contributed by atoms with E-state index in [9.17, 15) is 0 Å². The maximum atomic E-state index is 9.16. The Balaban J connectivity index is 0.000000172. The lowest BCUT2D eigenvalue weighted by Crippen LogP contribution is -2.08. The van der Waals surface area contributed by atoms with Crippen LogP contribution in [0.15, 0.2) is 72.8 Å². The molecule has 0 saturated heterocycles. The van der Waals surface area contributed by atoms with E-state index >= 15 is 0 Å². The maximum Gasteiger partial charge on any atom is 0.118 e. The number of aromatic hydroxyl groups is 3. The molecule has 0 radical (unpaired) electrons. The molecule has 3 heteroatoms. The van der Waals surface area contributed by atoms with Crippen molar-refractivity contribution in [1.29, 1.82) is 0 Å². The molecule has 0 amide bonds. The van der Waals surface area contributed by atoms with Crippen LogP contribution in [0.25, 0.3) is 0 Å². The highest BCUT2D eigenvalue weighted by atomic mass is 16.3. The normalized spacial score (nSPS) is 13.4. The summed E-state index contributed by atoms with van der Waals surface area (Å²) in [6.45, 7) is 3.86. The third kappa shape index (κ3) is 9.04. The fraction of sp³-hybridized carbons (Fsp3) is 0.333. The van der Waals surface area contributed by atoms with Gasteiger partial charge in [-0.15, -0.1) is 0 Å². The van der Waals surface area contributed by atoms with Gasteiger partial charge in [0, 0.05) is 0 Å². The van der Waals surface area contributed by atoms with E-state index in [1.165, 1.54) is 49.7 Å². The van der Waals surface area contributed by atoms with Crippen LogP contribution in [-0.2, 0) is 6.42 Å². The van der Waals surface area contributed by atoms with Crippen molar-refractivity contribution in [2.45, 2.75) is 52.4 Å². The van der Waals surface area contributed by atoms with Crippen molar-refractivity contribution in [1.82, 2.24) is 0 Å². The van der Waals surface area contributed by atoms with Crippen molar-refractivity contribution in [2.24, 2.45) is 5.92 Å². The molecule has 30 heavy (non-hydrogen) atoms. The van der Waals surface area contributed by atoms with E-state index in [1.54, 1.807) is 30.3 Å². The first kappa shape index (κ1) is 23.3. The molecule has 0 aliphatic heterocycles. The summed E-state index contributed by atoms with van der Waals surface area (Å²) >= 11 is 0. The van der Waals surface area contributed by atoms with E-state index < -0.39 is 0 Å². The summed E-state index contributed by atoms with van der Waals surface area (Å²) in [6, 6.07) is 22.0. The van der Waals surface area contributed by atoms with Crippen LogP contribution in [0.5, 0.6) is 17.2 Å². The Labute approximate surface area is 180 Å². The van der Waals surface area contributed by atoms with Crippen LogP contribution in [0.3, 0.4) is 0 Å². The monoisotopic (exact) mass is 406 g/mol. The summed E-state index contributed by atoms with van der Waals surface area (Å²) in [5.41, 5.74) is 3.46. The summed E-state index contributed by atoms with van der Waals surface area (Å²) in [4.78, 5) is 0. The number of rotatable bonds is 2. The van der Waals surface area contributed by atoms with Gasteiger partial charge in [-0.3, -0.25) is 0 Å². The van der Waals surface area contributed by atoms with Gasteiger partial charge in [0.1, 0.15) is 17.2 Å². The molecule has 160 valence electrons. The standard InChI is InChI=1S/C13H18O.2C7H8O/c14-13-8-6-12(7-9-13)10-11-4-2-1-3-5-11;1-6-2-4-7(8)5-3-6;1-6-4-2-3-5-7(6)8/h6-9,11,14H,1-5,10H2;2*2-5,8H,1H3. The first-order chi connectivity index (χ1) is 14.4. The van der Waals surface area contributed by atoms with Crippen LogP contribution < -0.4 is 0 Å². The van der Waals surface area contributed by atoms with E-state index in [2.05, 4.69) is 0 Å². The van der Waals surface area contributed by atoms with Crippen molar-refractivity contribution < 1.29 is 15.3 Å². The topological polar surface area (TPSA) is 60.7 Å². The van der Waals surface area contributed by atoms with E-state index in [1.807, 2.05) is 56.3 Å². The van der Waals surface area contributed by atoms with Crippen LogP contribution in [-0.4, -0.2) is 15.3 Å². The molecular formula is C27H34O3. The number of aryl methyl sites for hydroxylation is 2. The number of hydrogen-bond acceptors (Lipinski definition) is 3. The quantitative estimate of drug-likeness (QED) is 0.433. The Bertz CT molecular complexity index is 806. The zero-order valence-corrected chi connectivity index (χ0v) is 18.1. The predicted octanol–water partition coefficient (Wildman–Crippen LogP) is 6.92. The van der Waals surface area contributed by atoms with Crippen molar-refractivity contribution in [3.05, 3.63) is 89.5 Å². The van der Waals surface area contributed by atoms with Crippen LogP contribution in [0, 0.1) is 19.8 Å². The van der Waals surface area contributed by atoms with Crippen LogP contribution in [0.4, 0.5) is 0 Å². The summed E-state index contributed by atoms with van der Waals surface area (Å²) in [5.74, 6) is 1.95. The van der Waals surface area contributed by atoms with Crippen LogP contribution >= 0.6 is 0 Å². The van der Waals surface area contributed by atoms with Gasteiger partial charge < -0.3 is 15.3 Å². The first-order valence-corrected chi connectivity index (χ1v) is 10.7. The molecule has 0 unspecified atom stereocenters. The lowest BCUT2D eigenvalue weighted by molar-refractivity contribution is 0.356. The van der Waals surface area contributed by atoms with Gasteiger partial charge in [-0.2, -0.15) is 0 Å². The first-order valence-electron chi connectivity index (χ1n) is 10.7. The van der Waals surface area contributed by atoms with Crippen LogP contribution in [0.2, 0.25) is 0 Å². The van der Waals surface area contributed by atoms with Gasteiger partial charge in [0.2, 0.25) is 0 Å². The molecule has 1 saturated carbocycles. The molecule has 1 aliphatic rings. The second kappa shape index (κ2) is 12.6. The fourth-order valence-corrected chi connectivity index (χ4v) is 3.46. The molecule has 3 N–H and O–H groups in total. The van der Waals surface area contributed by atoms with Gasteiger partial charge >= 0.3 is 0 Å². The van der Waals surface area contributed by atoms with E-state index in [0.29, 0.717) is 17.2 Å². The molecule has 0 aromatic heterocycles. The Hall–Kier alpha value is -2.94. The van der Waals surface area contributed by atoms with Crippen molar-refractivity contribution in [3.63, 3.8) is 0 Å². The summed E-state index contributed by atoms with van der Waals surface area (Å²) in [5, 5.41) is 26.8. The average Bonchev–Trinajstić information content (AvgIpc) is 2.76. The lowest BCUT2D eigenvalue weighted by atomic mass is 9.85. The molecular weight excluding hydrogens is 372 g/mol.